The van der Waals surface area contributed by atoms with Gasteiger partial charge in [0, 0.05) is 27.8 Å². The summed E-state index contributed by atoms with van der Waals surface area (Å²) < 4.78 is 0. The monoisotopic (exact) mass is 741 g/mol. The van der Waals surface area contributed by atoms with Gasteiger partial charge >= 0.3 is 0 Å². The number of benzene rings is 9. The van der Waals surface area contributed by atoms with Gasteiger partial charge in [0.25, 0.3) is 0 Å². The summed E-state index contributed by atoms with van der Waals surface area (Å²) >= 11 is 0. The van der Waals surface area contributed by atoms with Crippen molar-refractivity contribution in [2.45, 2.75) is 31.6 Å². The van der Waals surface area contributed by atoms with E-state index < -0.39 is 0 Å². The van der Waals surface area contributed by atoms with E-state index in [1.165, 1.54) is 83.1 Å². The zero-order valence-electron chi connectivity index (χ0n) is 33.1. The molecule has 1 atom stereocenters. The first-order chi connectivity index (χ1) is 28.4. The van der Waals surface area contributed by atoms with E-state index in [0.717, 1.165) is 17.1 Å². The third kappa shape index (κ3) is 5.10. The molecule has 2 aliphatic rings. The fourth-order valence-electron chi connectivity index (χ4n) is 10.2. The number of anilines is 3. The molecule has 0 N–H and O–H groups in total. The third-order valence-electron chi connectivity index (χ3n) is 13.1. The van der Waals surface area contributed by atoms with Gasteiger partial charge in [-0.3, -0.25) is 0 Å². The molecule has 9 aromatic carbocycles. The first-order valence-electron chi connectivity index (χ1n) is 20.4. The minimum absolute atomic E-state index is 0.143. The summed E-state index contributed by atoms with van der Waals surface area (Å²) in [5.74, 6) is 0. The van der Waals surface area contributed by atoms with E-state index in [4.69, 9.17) is 0 Å². The van der Waals surface area contributed by atoms with Gasteiger partial charge in [0.2, 0.25) is 0 Å². The molecule has 0 bridgehead atoms. The topological polar surface area (TPSA) is 3.24 Å². The summed E-state index contributed by atoms with van der Waals surface area (Å²) in [7, 11) is 0. The number of fused-ring (bicyclic) bond motifs is 7. The lowest BCUT2D eigenvalue weighted by Crippen LogP contribution is -2.23. The van der Waals surface area contributed by atoms with Crippen LogP contribution in [0.5, 0.6) is 0 Å². The van der Waals surface area contributed by atoms with Gasteiger partial charge in [-0.05, 0) is 121 Å². The van der Waals surface area contributed by atoms with E-state index in [2.05, 4.69) is 232 Å². The lowest BCUT2D eigenvalue weighted by atomic mass is 9.73. The van der Waals surface area contributed by atoms with E-state index in [1.807, 2.05) is 0 Å². The van der Waals surface area contributed by atoms with Gasteiger partial charge in [-0.25, -0.2) is 0 Å². The van der Waals surface area contributed by atoms with Gasteiger partial charge in [0.05, 0.1) is 5.69 Å². The Kier molecular flexibility index (Phi) is 7.72. The van der Waals surface area contributed by atoms with Crippen LogP contribution in [0.2, 0.25) is 0 Å². The molecule has 9 aromatic rings. The van der Waals surface area contributed by atoms with Crippen LogP contribution in [0.4, 0.5) is 17.1 Å². The van der Waals surface area contributed by atoms with Crippen molar-refractivity contribution in [1.29, 1.82) is 0 Å². The fourth-order valence-corrected chi connectivity index (χ4v) is 10.2. The largest absolute Gasteiger partial charge is 0.310 e. The van der Waals surface area contributed by atoms with E-state index in [1.54, 1.807) is 0 Å². The molecule has 1 unspecified atom stereocenters. The van der Waals surface area contributed by atoms with E-state index >= 15 is 0 Å². The van der Waals surface area contributed by atoms with Crippen LogP contribution < -0.4 is 4.90 Å². The molecule has 0 fully saturated rings. The van der Waals surface area contributed by atoms with Gasteiger partial charge in [0.1, 0.15) is 0 Å². The summed E-state index contributed by atoms with van der Waals surface area (Å²) in [5.41, 5.74) is 19.7. The molecule has 0 heterocycles. The Bertz CT molecular complexity index is 3050. The highest BCUT2D eigenvalue weighted by Crippen LogP contribution is 2.56. The minimum Gasteiger partial charge on any atom is -0.310 e. The molecular formula is C57H43N. The van der Waals surface area contributed by atoms with Crippen LogP contribution in [-0.2, 0) is 10.8 Å². The summed E-state index contributed by atoms with van der Waals surface area (Å²) in [6.45, 7) is 7.17. The van der Waals surface area contributed by atoms with Crippen LogP contribution in [0.25, 0.3) is 55.3 Å². The molecule has 0 spiro atoms. The zero-order valence-corrected chi connectivity index (χ0v) is 33.1. The summed E-state index contributed by atoms with van der Waals surface area (Å²) in [6.07, 6.45) is 0. The SMILES string of the molecule is CC1(C)c2ccccc2-c2ccc(N(c3ccc4c(c3)C(C)(c3ccc5ccccc5c3)c3ccccc3-4)c3cccc(-c4ccccc4)c3-c3ccccc3)cc21. The standard InChI is InChI=1S/C57H43N/c1-56(2)50-26-14-12-23-46(50)48-33-31-43(36-52(48)56)58(54-28-16-25-45(39-18-6-4-7-19-39)55(54)40-20-8-5-9-21-40)44-32-34-49-47-24-13-15-27-51(47)57(3,53(49)37-44)42-30-29-38-17-10-11-22-41(38)35-42/h4-37H,1-3H3. The average Bonchev–Trinajstić information content (AvgIpc) is 3.67. The van der Waals surface area contributed by atoms with Crippen molar-refractivity contribution in [1.82, 2.24) is 0 Å². The highest BCUT2D eigenvalue weighted by molar-refractivity contribution is 5.98. The summed E-state index contributed by atoms with van der Waals surface area (Å²) in [6, 6.07) is 76.6. The minimum atomic E-state index is -0.368. The number of hydrogen-bond acceptors (Lipinski definition) is 1. The van der Waals surface area contributed by atoms with Crippen LogP contribution in [0.15, 0.2) is 206 Å². The lowest BCUT2D eigenvalue weighted by molar-refractivity contribution is 0.660. The number of nitrogens with zero attached hydrogens (tertiary/aromatic N) is 1. The molecule has 0 saturated heterocycles. The van der Waals surface area contributed by atoms with Crippen LogP contribution in [0, 0.1) is 0 Å². The van der Waals surface area contributed by atoms with Gasteiger partial charge in [-0.15, -0.1) is 0 Å². The molecule has 58 heavy (non-hydrogen) atoms. The molecule has 11 rings (SSSR count). The van der Waals surface area contributed by atoms with Gasteiger partial charge in [0.15, 0.2) is 0 Å². The summed E-state index contributed by atoms with van der Waals surface area (Å²) in [5, 5.41) is 2.52. The fraction of sp³-hybridized carbons (Fsp3) is 0.0877. The second-order valence-corrected chi connectivity index (χ2v) is 16.6. The normalized spacial score (nSPS) is 15.7. The van der Waals surface area contributed by atoms with E-state index in [9.17, 15) is 0 Å². The summed E-state index contributed by atoms with van der Waals surface area (Å²) in [4.78, 5) is 2.53. The molecule has 0 radical (unpaired) electrons. The van der Waals surface area contributed by atoms with Gasteiger partial charge < -0.3 is 4.90 Å². The Balaban J connectivity index is 1.19. The van der Waals surface area contributed by atoms with Crippen molar-refractivity contribution in [3.63, 3.8) is 0 Å². The Morgan fingerprint density at radius 2 is 0.879 bits per heavy atom. The second kappa shape index (κ2) is 13.0. The molecule has 0 aromatic heterocycles. The molecule has 0 amide bonds. The Morgan fingerprint density at radius 1 is 0.345 bits per heavy atom. The maximum atomic E-state index is 2.53. The second-order valence-electron chi connectivity index (χ2n) is 16.6. The smallest absolute Gasteiger partial charge is 0.0546 e. The van der Waals surface area contributed by atoms with Gasteiger partial charge in [-0.2, -0.15) is 0 Å². The molecule has 0 saturated carbocycles. The molecular weight excluding hydrogens is 699 g/mol. The maximum absolute atomic E-state index is 2.53. The van der Waals surface area contributed by atoms with Crippen LogP contribution in [-0.4, -0.2) is 0 Å². The Labute approximate surface area is 341 Å². The van der Waals surface area contributed by atoms with E-state index in [0.29, 0.717) is 0 Å². The lowest BCUT2D eigenvalue weighted by Gasteiger charge is -2.33. The maximum Gasteiger partial charge on any atom is 0.0546 e. The van der Waals surface area contributed by atoms with Crippen molar-refractivity contribution < 1.29 is 0 Å². The Hall–Kier alpha value is -6.96. The predicted octanol–water partition coefficient (Wildman–Crippen LogP) is 15.3. The average molecular weight is 742 g/mol. The highest BCUT2D eigenvalue weighted by atomic mass is 15.1. The van der Waals surface area contributed by atoms with Crippen molar-refractivity contribution in [2.75, 3.05) is 4.90 Å². The van der Waals surface area contributed by atoms with Crippen LogP contribution in [0.1, 0.15) is 48.6 Å². The van der Waals surface area contributed by atoms with Crippen LogP contribution >= 0.6 is 0 Å². The van der Waals surface area contributed by atoms with Gasteiger partial charge in [-0.1, -0.05) is 184 Å². The third-order valence-corrected chi connectivity index (χ3v) is 13.1. The molecule has 0 aliphatic heterocycles. The predicted molar refractivity (Wildman–Crippen MR) is 245 cm³/mol. The quantitative estimate of drug-likeness (QED) is 0.164. The first kappa shape index (κ1) is 34.3. The molecule has 2 aliphatic carbocycles. The molecule has 1 heteroatoms. The van der Waals surface area contributed by atoms with Crippen molar-refractivity contribution in [3.8, 4) is 44.5 Å². The van der Waals surface area contributed by atoms with Crippen molar-refractivity contribution >= 4 is 27.8 Å². The number of hydrogen-bond donors (Lipinski definition) is 0. The molecule has 276 valence electrons. The van der Waals surface area contributed by atoms with Crippen molar-refractivity contribution in [2.24, 2.45) is 0 Å². The highest BCUT2D eigenvalue weighted by Gasteiger charge is 2.42. The van der Waals surface area contributed by atoms with E-state index in [-0.39, 0.29) is 10.8 Å². The number of rotatable bonds is 6. The Morgan fingerprint density at radius 3 is 1.60 bits per heavy atom. The molecule has 1 nitrogen and oxygen atoms in total. The van der Waals surface area contributed by atoms with Crippen molar-refractivity contribution in [3.05, 3.63) is 234 Å². The first-order valence-corrected chi connectivity index (χ1v) is 20.4. The zero-order chi connectivity index (χ0) is 39.0. The van der Waals surface area contributed by atoms with Crippen LogP contribution in [0.3, 0.4) is 0 Å².